The zero-order valence-electron chi connectivity index (χ0n) is 17.4. The number of carbonyl (C=O) groups excluding carboxylic acids is 2. The van der Waals surface area contributed by atoms with Gasteiger partial charge in [-0.2, -0.15) is 0 Å². The molecule has 0 spiro atoms. The van der Waals surface area contributed by atoms with E-state index in [0.29, 0.717) is 29.3 Å². The second-order valence-electron chi connectivity index (χ2n) is 7.54. The van der Waals surface area contributed by atoms with Gasteiger partial charge in [-0.05, 0) is 81.2 Å². The highest BCUT2D eigenvalue weighted by molar-refractivity contribution is 5.98. The van der Waals surface area contributed by atoms with E-state index in [0.717, 1.165) is 25.2 Å². The lowest BCUT2D eigenvalue weighted by Gasteiger charge is -2.16. The maximum atomic E-state index is 12.5. The molecule has 1 aliphatic rings. The number of benzene rings is 2. The van der Waals surface area contributed by atoms with E-state index in [-0.39, 0.29) is 11.8 Å². The molecule has 0 bridgehead atoms. The number of nitrogens with one attached hydrogen (secondary N) is 2. The van der Waals surface area contributed by atoms with Gasteiger partial charge >= 0.3 is 0 Å². The van der Waals surface area contributed by atoms with Crippen molar-refractivity contribution < 1.29 is 14.3 Å². The van der Waals surface area contributed by atoms with Crippen molar-refractivity contribution >= 4 is 17.5 Å². The summed E-state index contributed by atoms with van der Waals surface area (Å²) in [7, 11) is 0. The van der Waals surface area contributed by atoms with Crippen molar-refractivity contribution in [2.45, 2.75) is 33.6 Å². The summed E-state index contributed by atoms with van der Waals surface area (Å²) in [4.78, 5) is 26.5. The summed E-state index contributed by atoms with van der Waals surface area (Å²) < 4.78 is 5.98. The van der Waals surface area contributed by atoms with Crippen LogP contribution in [0.25, 0.3) is 0 Å². The molecule has 1 aliphatic heterocycles. The Hall–Kier alpha value is -2.86. The number of amides is 2. The van der Waals surface area contributed by atoms with Crippen LogP contribution in [-0.4, -0.2) is 42.9 Å². The van der Waals surface area contributed by atoms with E-state index in [9.17, 15) is 9.59 Å². The number of anilines is 1. The molecule has 2 aromatic rings. The molecule has 0 aliphatic carbocycles. The zero-order valence-corrected chi connectivity index (χ0v) is 17.4. The Morgan fingerprint density at radius 1 is 1.03 bits per heavy atom. The molecule has 0 aromatic heterocycles. The van der Waals surface area contributed by atoms with E-state index in [2.05, 4.69) is 15.5 Å². The van der Waals surface area contributed by atoms with E-state index in [4.69, 9.17) is 4.74 Å². The lowest BCUT2D eigenvalue weighted by atomic mass is 10.1. The third-order valence-corrected chi connectivity index (χ3v) is 5.17. The molecular formula is C23H29N3O3. The van der Waals surface area contributed by atoms with Crippen LogP contribution in [0.3, 0.4) is 0 Å². The lowest BCUT2D eigenvalue weighted by Crippen LogP contribution is -2.33. The fraction of sp³-hybridized carbons (Fsp3) is 0.391. The molecular weight excluding hydrogens is 366 g/mol. The molecule has 29 heavy (non-hydrogen) atoms. The van der Waals surface area contributed by atoms with E-state index in [1.165, 1.54) is 25.3 Å². The largest absolute Gasteiger partial charge is 0.455 e. The number of rotatable bonds is 7. The van der Waals surface area contributed by atoms with Gasteiger partial charge in [-0.3, -0.25) is 9.59 Å². The van der Waals surface area contributed by atoms with Crippen molar-refractivity contribution in [2.24, 2.45) is 0 Å². The molecule has 6 nitrogen and oxygen atoms in total. The van der Waals surface area contributed by atoms with Crippen LogP contribution in [0, 0.1) is 13.8 Å². The Balaban J connectivity index is 1.71. The van der Waals surface area contributed by atoms with Gasteiger partial charge in [0.25, 0.3) is 5.91 Å². The van der Waals surface area contributed by atoms with Crippen LogP contribution in [0.2, 0.25) is 0 Å². The van der Waals surface area contributed by atoms with E-state index in [1.54, 1.807) is 18.2 Å². The summed E-state index contributed by atoms with van der Waals surface area (Å²) >= 11 is 0. The first-order chi connectivity index (χ1) is 13.9. The van der Waals surface area contributed by atoms with Crippen molar-refractivity contribution in [3.8, 4) is 11.5 Å². The molecule has 0 atom stereocenters. The molecule has 2 N–H and O–H groups in total. The van der Waals surface area contributed by atoms with Gasteiger partial charge in [0.1, 0.15) is 5.75 Å². The van der Waals surface area contributed by atoms with Gasteiger partial charge in [0.2, 0.25) is 5.91 Å². The van der Waals surface area contributed by atoms with Crippen molar-refractivity contribution in [3.05, 3.63) is 53.1 Å². The van der Waals surface area contributed by atoms with E-state index < -0.39 is 0 Å². The zero-order chi connectivity index (χ0) is 20.8. The molecule has 2 aromatic carbocycles. The van der Waals surface area contributed by atoms with Crippen LogP contribution in [0.1, 0.15) is 41.3 Å². The molecule has 0 radical (unpaired) electrons. The fourth-order valence-electron chi connectivity index (χ4n) is 3.39. The number of likely N-dealkylation sites (tertiary alicyclic amines) is 1. The maximum Gasteiger partial charge on any atom is 0.251 e. The minimum atomic E-state index is -0.221. The second-order valence-corrected chi connectivity index (χ2v) is 7.54. The van der Waals surface area contributed by atoms with Crippen molar-refractivity contribution in [1.82, 2.24) is 10.2 Å². The lowest BCUT2D eigenvalue weighted by molar-refractivity contribution is -0.114. The Morgan fingerprint density at radius 3 is 2.48 bits per heavy atom. The van der Waals surface area contributed by atoms with E-state index in [1.807, 2.05) is 32.0 Å². The minimum absolute atomic E-state index is 0.159. The van der Waals surface area contributed by atoms with Gasteiger partial charge in [0.15, 0.2) is 5.75 Å². The summed E-state index contributed by atoms with van der Waals surface area (Å²) in [5.74, 6) is 0.801. The Morgan fingerprint density at radius 2 is 1.79 bits per heavy atom. The van der Waals surface area contributed by atoms with E-state index >= 15 is 0 Å². The van der Waals surface area contributed by atoms with Crippen molar-refractivity contribution in [3.63, 3.8) is 0 Å². The normalized spacial score (nSPS) is 13.9. The SMILES string of the molecule is CC(=O)Nc1cc(C(=O)NCCN2CCCC2)ccc1Oc1ccc(C)c(C)c1. The van der Waals surface area contributed by atoms with Gasteiger partial charge in [0.05, 0.1) is 5.69 Å². The number of aryl methyl sites for hydroxylation is 2. The highest BCUT2D eigenvalue weighted by Gasteiger charge is 2.14. The number of nitrogens with zero attached hydrogens (tertiary/aromatic N) is 1. The molecule has 3 rings (SSSR count). The molecule has 1 heterocycles. The fourth-order valence-corrected chi connectivity index (χ4v) is 3.39. The number of carbonyl (C=O) groups is 2. The average Bonchev–Trinajstić information content (AvgIpc) is 3.19. The monoisotopic (exact) mass is 395 g/mol. The number of ether oxygens (including phenoxy) is 1. The van der Waals surface area contributed by atoms with Crippen LogP contribution < -0.4 is 15.4 Å². The van der Waals surface area contributed by atoms with Crippen LogP contribution in [0.4, 0.5) is 5.69 Å². The highest BCUT2D eigenvalue weighted by Crippen LogP contribution is 2.31. The smallest absolute Gasteiger partial charge is 0.251 e. The van der Waals surface area contributed by atoms with Crippen LogP contribution >= 0.6 is 0 Å². The molecule has 154 valence electrons. The third-order valence-electron chi connectivity index (χ3n) is 5.17. The summed E-state index contributed by atoms with van der Waals surface area (Å²) in [5, 5.41) is 5.72. The summed E-state index contributed by atoms with van der Waals surface area (Å²) in [6.07, 6.45) is 2.46. The predicted molar refractivity (Wildman–Crippen MR) is 115 cm³/mol. The summed E-state index contributed by atoms with van der Waals surface area (Å²) in [6.45, 7) is 9.17. The quantitative estimate of drug-likeness (QED) is 0.746. The van der Waals surface area contributed by atoms with Crippen LogP contribution in [-0.2, 0) is 4.79 Å². The molecule has 2 amide bonds. The van der Waals surface area contributed by atoms with Gasteiger partial charge in [-0.25, -0.2) is 0 Å². The van der Waals surface area contributed by atoms with Gasteiger partial charge in [-0.1, -0.05) is 6.07 Å². The Bertz CT molecular complexity index is 889. The molecule has 0 saturated carbocycles. The van der Waals surface area contributed by atoms with Gasteiger partial charge in [0, 0.05) is 25.6 Å². The first kappa shape index (κ1) is 20.9. The summed E-state index contributed by atoms with van der Waals surface area (Å²) in [5.41, 5.74) is 3.27. The third kappa shape index (κ3) is 5.81. The predicted octanol–water partition coefficient (Wildman–Crippen LogP) is 3.88. The Kier molecular flexibility index (Phi) is 6.88. The average molecular weight is 396 g/mol. The number of hydrogen-bond acceptors (Lipinski definition) is 4. The highest BCUT2D eigenvalue weighted by atomic mass is 16.5. The molecule has 6 heteroatoms. The van der Waals surface area contributed by atoms with Gasteiger partial charge in [-0.15, -0.1) is 0 Å². The minimum Gasteiger partial charge on any atom is -0.455 e. The molecule has 1 saturated heterocycles. The van der Waals surface area contributed by atoms with Gasteiger partial charge < -0.3 is 20.3 Å². The molecule has 1 fully saturated rings. The van der Waals surface area contributed by atoms with Crippen LogP contribution in [0.15, 0.2) is 36.4 Å². The first-order valence-electron chi connectivity index (χ1n) is 10.1. The first-order valence-corrected chi connectivity index (χ1v) is 10.1. The van der Waals surface area contributed by atoms with Crippen molar-refractivity contribution in [2.75, 3.05) is 31.5 Å². The van der Waals surface area contributed by atoms with Crippen molar-refractivity contribution in [1.29, 1.82) is 0 Å². The topological polar surface area (TPSA) is 70.7 Å². The molecule has 0 unspecified atom stereocenters. The maximum absolute atomic E-state index is 12.5. The summed E-state index contributed by atoms with van der Waals surface area (Å²) in [6, 6.07) is 10.9. The Labute approximate surface area is 172 Å². The number of hydrogen-bond donors (Lipinski definition) is 2. The second kappa shape index (κ2) is 9.56. The standard InChI is InChI=1S/C23H29N3O3/c1-16-6-8-20(14-17(16)2)29-22-9-7-19(15-21(22)25-18(3)27)23(28)24-10-13-26-11-4-5-12-26/h6-9,14-15H,4-5,10-13H2,1-3H3,(H,24,28)(H,25,27). The van der Waals surface area contributed by atoms with Crippen LogP contribution in [0.5, 0.6) is 11.5 Å².